The van der Waals surface area contributed by atoms with E-state index in [1.165, 1.54) is 0 Å². The molecule has 23 heavy (non-hydrogen) atoms. The van der Waals surface area contributed by atoms with Crippen LogP contribution >= 0.6 is 0 Å². The van der Waals surface area contributed by atoms with Crippen LogP contribution in [-0.4, -0.2) is 18.4 Å². The molecular formula is C16H17N3O3S. The number of benzene rings is 2. The van der Waals surface area contributed by atoms with Gasteiger partial charge in [0.2, 0.25) is 10.0 Å². The van der Waals surface area contributed by atoms with Crippen molar-refractivity contribution in [3.63, 3.8) is 0 Å². The Morgan fingerprint density at radius 2 is 1.74 bits per heavy atom. The van der Waals surface area contributed by atoms with Gasteiger partial charge in [-0.2, -0.15) is 0 Å². The van der Waals surface area contributed by atoms with E-state index < -0.39 is 10.0 Å². The minimum atomic E-state index is -3.58. The number of aryl methyl sites for hydroxylation is 2. The van der Waals surface area contributed by atoms with Gasteiger partial charge in [-0.1, -0.05) is 23.8 Å². The van der Waals surface area contributed by atoms with Crippen LogP contribution in [0.15, 0.2) is 46.1 Å². The van der Waals surface area contributed by atoms with Crippen molar-refractivity contribution in [1.29, 1.82) is 0 Å². The van der Waals surface area contributed by atoms with Gasteiger partial charge in [0.25, 0.3) is 0 Å². The summed E-state index contributed by atoms with van der Waals surface area (Å²) in [5.41, 5.74) is 3.55. The van der Waals surface area contributed by atoms with Crippen molar-refractivity contribution < 1.29 is 8.42 Å². The van der Waals surface area contributed by atoms with Gasteiger partial charge < -0.3 is 9.97 Å². The Morgan fingerprint density at radius 1 is 1.00 bits per heavy atom. The summed E-state index contributed by atoms with van der Waals surface area (Å²) < 4.78 is 27.5. The molecule has 0 aliphatic carbocycles. The first-order chi connectivity index (χ1) is 10.8. The fraction of sp³-hybridized carbons (Fsp3) is 0.188. The summed E-state index contributed by atoms with van der Waals surface area (Å²) in [6.07, 6.45) is 0. The molecule has 1 heterocycles. The van der Waals surface area contributed by atoms with Gasteiger partial charge >= 0.3 is 5.69 Å². The Bertz CT molecular complexity index is 1030. The summed E-state index contributed by atoms with van der Waals surface area (Å²) in [5.74, 6) is 0. The van der Waals surface area contributed by atoms with Crippen LogP contribution < -0.4 is 10.4 Å². The largest absolute Gasteiger partial charge is 0.323 e. The fourth-order valence-corrected chi connectivity index (χ4v) is 3.79. The third kappa shape index (κ3) is 3.20. The van der Waals surface area contributed by atoms with Crippen molar-refractivity contribution in [3.8, 4) is 0 Å². The number of aromatic amines is 2. The maximum atomic E-state index is 12.4. The molecule has 0 fully saturated rings. The standard InChI is InChI=1S/C16H17N3O3S/c1-10-3-6-15(11(2)7-10)23(21,22)17-9-12-4-5-13-14(8-12)19-16(20)18-13/h3-8,17H,9H2,1-2H3,(H2,18,19,20). The minimum absolute atomic E-state index is 0.152. The van der Waals surface area contributed by atoms with E-state index in [1.54, 1.807) is 37.3 Å². The lowest BCUT2D eigenvalue weighted by molar-refractivity contribution is 0.580. The minimum Gasteiger partial charge on any atom is -0.306 e. The highest BCUT2D eigenvalue weighted by molar-refractivity contribution is 7.89. The zero-order chi connectivity index (χ0) is 16.6. The molecule has 3 N–H and O–H groups in total. The molecule has 0 bridgehead atoms. The van der Waals surface area contributed by atoms with E-state index in [2.05, 4.69) is 14.7 Å². The number of hydrogen-bond donors (Lipinski definition) is 3. The second-order valence-electron chi connectivity index (χ2n) is 5.55. The van der Waals surface area contributed by atoms with Crippen LogP contribution in [-0.2, 0) is 16.6 Å². The number of fused-ring (bicyclic) bond motifs is 1. The highest BCUT2D eigenvalue weighted by Crippen LogP contribution is 2.17. The van der Waals surface area contributed by atoms with E-state index in [9.17, 15) is 13.2 Å². The Hall–Kier alpha value is -2.38. The first-order valence-electron chi connectivity index (χ1n) is 7.13. The SMILES string of the molecule is Cc1ccc(S(=O)(=O)NCc2ccc3[nH]c(=O)[nH]c3c2)c(C)c1. The Labute approximate surface area is 133 Å². The van der Waals surface area contributed by atoms with Crippen molar-refractivity contribution in [2.75, 3.05) is 0 Å². The number of nitrogens with one attached hydrogen (secondary N) is 3. The van der Waals surface area contributed by atoms with Gasteiger partial charge in [-0.25, -0.2) is 17.9 Å². The molecule has 0 radical (unpaired) electrons. The Balaban J connectivity index is 1.83. The zero-order valence-electron chi connectivity index (χ0n) is 12.8. The molecule has 0 aliphatic rings. The average molecular weight is 331 g/mol. The molecule has 2 aromatic carbocycles. The number of aromatic nitrogens is 2. The quantitative estimate of drug-likeness (QED) is 0.682. The van der Waals surface area contributed by atoms with Gasteiger partial charge in [0, 0.05) is 6.54 Å². The van der Waals surface area contributed by atoms with E-state index in [4.69, 9.17) is 0 Å². The van der Waals surface area contributed by atoms with Crippen molar-refractivity contribution in [1.82, 2.24) is 14.7 Å². The maximum absolute atomic E-state index is 12.4. The lowest BCUT2D eigenvalue weighted by Gasteiger charge is -2.10. The summed E-state index contributed by atoms with van der Waals surface area (Å²) in [7, 11) is -3.58. The number of rotatable bonds is 4. The van der Waals surface area contributed by atoms with Crippen LogP contribution in [0.2, 0.25) is 0 Å². The van der Waals surface area contributed by atoms with E-state index >= 15 is 0 Å². The summed E-state index contributed by atoms with van der Waals surface area (Å²) in [4.78, 5) is 16.8. The number of hydrogen-bond acceptors (Lipinski definition) is 3. The smallest absolute Gasteiger partial charge is 0.306 e. The lowest BCUT2D eigenvalue weighted by atomic mass is 10.2. The van der Waals surface area contributed by atoms with Crippen molar-refractivity contribution in [3.05, 3.63) is 63.6 Å². The van der Waals surface area contributed by atoms with Gasteiger partial charge in [0.1, 0.15) is 0 Å². The molecule has 1 aromatic heterocycles. The van der Waals surface area contributed by atoms with Crippen LogP contribution in [0, 0.1) is 13.8 Å². The first-order valence-corrected chi connectivity index (χ1v) is 8.61. The second kappa shape index (κ2) is 5.68. The molecule has 6 nitrogen and oxygen atoms in total. The fourth-order valence-electron chi connectivity index (χ4n) is 2.55. The number of sulfonamides is 1. The monoisotopic (exact) mass is 331 g/mol. The first kappa shape index (κ1) is 15.5. The predicted molar refractivity (Wildman–Crippen MR) is 88.9 cm³/mol. The molecule has 0 atom stereocenters. The van der Waals surface area contributed by atoms with E-state index in [1.807, 2.05) is 13.0 Å². The third-order valence-corrected chi connectivity index (χ3v) is 5.23. The van der Waals surface area contributed by atoms with E-state index in [-0.39, 0.29) is 17.1 Å². The van der Waals surface area contributed by atoms with Gasteiger partial charge in [-0.05, 0) is 43.2 Å². The van der Waals surface area contributed by atoms with Crippen molar-refractivity contribution >= 4 is 21.1 Å². The van der Waals surface area contributed by atoms with E-state index in [0.29, 0.717) is 16.6 Å². The van der Waals surface area contributed by atoms with E-state index in [0.717, 1.165) is 11.1 Å². The van der Waals surface area contributed by atoms with Crippen LogP contribution in [0.4, 0.5) is 0 Å². The summed E-state index contributed by atoms with van der Waals surface area (Å²) in [6.45, 7) is 3.85. The predicted octanol–water partition coefficient (Wildman–Crippen LogP) is 1.95. The topological polar surface area (TPSA) is 94.8 Å². The number of imidazole rings is 1. The number of H-pyrrole nitrogens is 2. The van der Waals surface area contributed by atoms with Crippen LogP contribution in [0.3, 0.4) is 0 Å². The second-order valence-corrected chi connectivity index (χ2v) is 7.29. The highest BCUT2D eigenvalue weighted by Gasteiger charge is 2.16. The Morgan fingerprint density at radius 3 is 2.48 bits per heavy atom. The van der Waals surface area contributed by atoms with Crippen molar-refractivity contribution in [2.45, 2.75) is 25.3 Å². The van der Waals surface area contributed by atoms with Gasteiger partial charge in [-0.15, -0.1) is 0 Å². The molecule has 0 amide bonds. The summed E-state index contributed by atoms with van der Waals surface area (Å²) >= 11 is 0. The van der Waals surface area contributed by atoms with Gasteiger partial charge in [0.05, 0.1) is 15.9 Å². The molecule has 120 valence electrons. The Kier molecular flexibility index (Phi) is 3.83. The molecule has 3 aromatic rings. The van der Waals surface area contributed by atoms with Crippen LogP contribution in [0.5, 0.6) is 0 Å². The lowest BCUT2D eigenvalue weighted by Crippen LogP contribution is -2.24. The average Bonchev–Trinajstić information content (AvgIpc) is 2.84. The van der Waals surface area contributed by atoms with Gasteiger partial charge in [0.15, 0.2) is 0 Å². The van der Waals surface area contributed by atoms with Crippen LogP contribution in [0.1, 0.15) is 16.7 Å². The molecular weight excluding hydrogens is 314 g/mol. The third-order valence-electron chi connectivity index (χ3n) is 3.67. The molecule has 0 aliphatic heterocycles. The molecule has 0 saturated carbocycles. The molecule has 7 heteroatoms. The van der Waals surface area contributed by atoms with Crippen molar-refractivity contribution in [2.24, 2.45) is 0 Å². The molecule has 0 unspecified atom stereocenters. The molecule has 0 spiro atoms. The maximum Gasteiger partial charge on any atom is 0.323 e. The highest BCUT2D eigenvalue weighted by atomic mass is 32.2. The molecule has 0 saturated heterocycles. The van der Waals surface area contributed by atoms with Crippen LogP contribution in [0.25, 0.3) is 11.0 Å². The molecule has 3 rings (SSSR count). The zero-order valence-corrected chi connectivity index (χ0v) is 13.6. The summed E-state index contributed by atoms with van der Waals surface area (Å²) in [6, 6.07) is 10.5. The van der Waals surface area contributed by atoms with Gasteiger partial charge in [-0.3, -0.25) is 0 Å². The summed E-state index contributed by atoms with van der Waals surface area (Å²) in [5, 5.41) is 0. The normalized spacial score (nSPS) is 11.9.